The lowest BCUT2D eigenvalue weighted by Gasteiger charge is -2.32. The van der Waals surface area contributed by atoms with E-state index in [-0.39, 0.29) is 18.1 Å². The van der Waals surface area contributed by atoms with Gasteiger partial charge in [-0.05, 0) is 27.7 Å². The van der Waals surface area contributed by atoms with Gasteiger partial charge in [-0.1, -0.05) is 0 Å². The van der Waals surface area contributed by atoms with Gasteiger partial charge in [0, 0.05) is 25.2 Å². The Balaban J connectivity index is 1.78. The molecule has 0 aromatic heterocycles. The Morgan fingerprint density at radius 1 is 1.10 bits per heavy atom. The fraction of sp³-hybridized carbons (Fsp3) is 0.682. The van der Waals surface area contributed by atoms with E-state index >= 15 is 0 Å². The van der Waals surface area contributed by atoms with Gasteiger partial charge < -0.3 is 34.1 Å². The summed E-state index contributed by atoms with van der Waals surface area (Å²) in [5, 5.41) is 3.05. The summed E-state index contributed by atoms with van der Waals surface area (Å²) < 4.78 is 23.0. The lowest BCUT2D eigenvalue weighted by Crippen LogP contribution is -3.16. The number of hydrogen-bond acceptors (Lipinski definition) is 6. The topological polar surface area (TPSA) is 73.7 Å². The van der Waals surface area contributed by atoms with Gasteiger partial charge in [0.15, 0.2) is 6.54 Å². The van der Waals surface area contributed by atoms with Crippen molar-refractivity contribution in [2.24, 2.45) is 0 Å². The number of amides is 1. The minimum atomic E-state index is -0.0335. The van der Waals surface area contributed by atoms with Gasteiger partial charge in [0.05, 0.1) is 37.8 Å². The third-order valence-electron chi connectivity index (χ3n) is 5.31. The molecule has 0 spiro atoms. The molecule has 0 radical (unpaired) electrons. The second kappa shape index (κ2) is 10.8. The van der Waals surface area contributed by atoms with Gasteiger partial charge in [-0.25, -0.2) is 0 Å². The van der Waals surface area contributed by atoms with E-state index in [9.17, 15) is 4.79 Å². The maximum Gasteiger partial charge on any atom is 0.279 e. The van der Waals surface area contributed by atoms with Crippen LogP contribution >= 0.6 is 0 Å². The van der Waals surface area contributed by atoms with Crippen LogP contribution in [0.5, 0.6) is 11.5 Å². The van der Waals surface area contributed by atoms with E-state index in [4.69, 9.17) is 18.9 Å². The van der Waals surface area contributed by atoms with Crippen LogP contribution in [0.3, 0.4) is 0 Å². The monoisotopic (exact) mass is 422 g/mol. The Morgan fingerprint density at radius 3 is 2.37 bits per heavy atom. The highest BCUT2D eigenvalue weighted by Crippen LogP contribution is 2.39. The van der Waals surface area contributed by atoms with Gasteiger partial charge in [0.2, 0.25) is 0 Å². The first kappa shape index (κ1) is 22.7. The first-order chi connectivity index (χ1) is 14.5. The molecule has 0 saturated carbocycles. The Hall–Kier alpha value is -2.03. The highest BCUT2D eigenvalue weighted by Gasteiger charge is 2.28. The fourth-order valence-electron chi connectivity index (χ4n) is 4.20. The maximum atomic E-state index is 12.8. The maximum absolute atomic E-state index is 12.8. The molecule has 8 heteroatoms. The van der Waals surface area contributed by atoms with Crippen LogP contribution in [0.25, 0.3) is 0 Å². The molecule has 1 aromatic carbocycles. The zero-order valence-corrected chi connectivity index (χ0v) is 18.7. The van der Waals surface area contributed by atoms with Crippen LogP contribution < -0.4 is 24.6 Å². The number of quaternary nitrogens is 1. The first-order valence-corrected chi connectivity index (χ1v) is 11.0. The highest BCUT2D eigenvalue weighted by atomic mass is 16.5. The molecule has 1 amide bonds. The van der Waals surface area contributed by atoms with E-state index in [0.717, 1.165) is 37.6 Å². The van der Waals surface area contributed by atoms with Crippen molar-refractivity contribution >= 4 is 17.3 Å². The van der Waals surface area contributed by atoms with Gasteiger partial charge in [-0.3, -0.25) is 4.79 Å². The normalized spacial score (nSPS) is 24.4. The van der Waals surface area contributed by atoms with Crippen molar-refractivity contribution in [1.82, 2.24) is 0 Å². The summed E-state index contributed by atoms with van der Waals surface area (Å²) in [6, 6.07) is 3.86. The second-order valence-electron chi connectivity index (χ2n) is 7.92. The third kappa shape index (κ3) is 6.00. The standard InChI is InChI=1S/C22H35N3O5/c1-5-28-20-12-19(25-7-9-27-10-8-25)21(29-6-2)11-18(20)23-22(26)15-24-13-16(3)30-17(4)14-24/h11-12,16-17H,5-10,13-15H2,1-4H3,(H,23,26)/p+1/t16-,17-/m0/s1. The van der Waals surface area contributed by atoms with Gasteiger partial charge in [-0.15, -0.1) is 0 Å². The summed E-state index contributed by atoms with van der Waals surface area (Å²) in [4.78, 5) is 16.3. The summed E-state index contributed by atoms with van der Waals surface area (Å²) in [5.41, 5.74) is 1.62. The van der Waals surface area contributed by atoms with Crippen molar-refractivity contribution < 1.29 is 28.6 Å². The molecule has 3 rings (SSSR count). The van der Waals surface area contributed by atoms with Crippen LogP contribution in [0, 0.1) is 0 Å². The SMILES string of the molecule is CCOc1cc(N2CCOCC2)c(OCC)cc1NC(=O)C[NH+]1C[C@H](C)O[C@@H](C)C1. The molecule has 2 heterocycles. The molecular formula is C22H36N3O5+. The highest BCUT2D eigenvalue weighted by molar-refractivity contribution is 5.94. The molecule has 1 aromatic rings. The van der Waals surface area contributed by atoms with Crippen molar-refractivity contribution in [2.75, 3.05) is 69.4 Å². The Kier molecular flexibility index (Phi) is 8.18. The average Bonchev–Trinajstić information content (AvgIpc) is 2.70. The summed E-state index contributed by atoms with van der Waals surface area (Å²) in [6.07, 6.45) is 0.320. The number of ether oxygens (including phenoxy) is 4. The van der Waals surface area contributed by atoms with Gasteiger partial charge in [0.25, 0.3) is 5.91 Å². The van der Waals surface area contributed by atoms with Gasteiger partial charge >= 0.3 is 0 Å². The fourth-order valence-corrected chi connectivity index (χ4v) is 4.20. The molecule has 2 atom stereocenters. The van der Waals surface area contributed by atoms with Gasteiger partial charge in [0.1, 0.15) is 36.8 Å². The number of carbonyl (C=O) groups excluding carboxylic acids is 1. The number of rotatable bonds is 8. The number of hydrogen-bond donors (Lipinski definition) is 2. The van der Waals surface area contributed by atoms with Crippen molar-refractivity contribution in [1.29, 1.82) is 0 Å². The number of nitrogens with zero attached hydrogens (tertiary/aromatic N) is 1. The van der Waals surface area contributed by atoms with E-state index in [1.54, 1.807) is 0 Å². The smallest absolute Gasteiger partial charge is 0.279 e. The molecular weight excluding hydrogens is 386 g/mol. The first-order valence-electron chi connectivity index (χ1n) is 11.0. The van der Waals surface area contributed by atoms with Crippen LogP contribution in [0.15, 0.2) is 12.1 Å². The summed E-state index contributed by atoms with van der Waals surface area (Å²) in [5.74, 6) is 1.38. The average molecular weight is 423 g/mol. The summed E-state index contributed by atoms with van der Waals surface area (Å²) >= 11 is 0. The Morgan fingerprint density at radius 2 is 1.73 bits per heavy atom. The molecule has 2 aliphatic rings. The van der Waals surface area contributed by atoms with Crippen LogP contribution in [0.4, 0.5) is 11.4 Å². The molecule has 0 unspecified atom stereocenters. The zero-order valence-electron chi connectivity index (χ0n) is 18.7. The largest absolute Gasteiger partial charge is 0.492 e. The molecule has 8 nitrogen and oxygen atoms in total. The summed E-state index contributed by atoms with van der Waals surface area (Å²) in [6.45, 7) is 14.1. The Bertz CT molecular complexity index is 698. The lowest BCUT2D eigenvalue weighted by molar-refractivity contribution is -0.907. The quantitative estimate of drug-likeness (QED) is 0.650. The number of carbonyl (C=O) groups is 1. The predicted octanol–water partition coefficient (Wildman–Crippen LogP) is 0.951. The number of benzene rings is 1. The lowest BCUT2D eigenvalue weighted by atomic mass is 10.2. The van der Waals surface area contributed by atoms with Crippen molar-refractivity contribution in [3.8, 4) is 11.5 Å². The van der Waals surface area contributed by atoms with Crippen LogP contribution in [0.1, 0.15) is 27.7 Å². The molecule has 2 fully saturated rings. The minimum absolute atomic E-state index is 0.0335. The van der Waals surface area contributed by atoms with Crippen LogP contribution in [0.2, 0.25) is 0 Å². The number of nitrogens with one attached hydrogen (secondary N) is 2. The summed E-state index contributed by atoms with van der Waals surface area (Å²) in [7, 11) is 0. The predicted molar refractivity (Wildman–Crippen MR) is 116 cm³/mol. The molecule has 0 bridgehead atoms. The molecule has 2 aliphatic heterocycles. The van der Waals surface area contributed by atoms with Crippen molar-refractivity contribution in [2.45, 2.75) is 39.9 Å². The van der Waals surface area contributed by atoms with E-state index in [1.165, 1.54) is 4.90 Å². The molecule has 0 aliphatic carbocycles. The second-order valence-corrected chi connectivity index (χ2v) is 7.92. The number of anilines is 2. The van der Waals surface area contributed by atoms with Crippen LogP contribution in [-0.4, -0.2) is 77.3 Å². The third-order valence-corrected chi connectivity index (χ3v) is 5.31. The van der Waals surface area contributed by atoms with Gasteiger partial charge in [-0.2, -0.15) is 0 Å². The van der Waals surface area contributed by atoms with E-state index < -0.39 is 0 Å². The van der Waals surface area contributed by atoms with Crippen molar-refractivity contribution in [3.05, 3.63) is 12.1 Å². The van der Waals surface area contributed by atoms with E-state index in [1.807, 2.05) is 26.0 Å². The van der Waals surface area contributed by atoms with Crippen molar-refractivity contribution in [3.63, 3.8) is 0 Å². The molecule has 30 heavy (non-hydrogen) atoms. The number of morpholine rings is 2. The zero-order chi connectivity index (χ0) is 21.5. The van der Waals surface area contributed by atoms with E-state index in [2.05, 4.69) is 24.1 Å². The van der Waals surface area contributed by atoms with Crippen LogP contribution in [-0.2, 0) is 14.3 Å². The molecule has 2 saturated heterocycles. The molecule has 168 valence electrons. The molecule has 2 N–H and O–H groups in total. The van der Waals surface area contributed by atoms with E-state index in [0.29, 0.717) is 44.4 Å². The minimum Gasteiger partial charge on any atom is -0.492 e. The Labute approximate surface area is 179 Å².